The number of hydrazone groups is 1. The number of hydrogen-bond acceptors (Lipinski definition) is 7. The predicted octanol–water partition coefficient (Wildman–Crippen LogP) is 5.70. The lowest BCUT2D eigenvalue weighted by atomic mass is 9.72. The molecule has 9 nitrogen and oxygen atoms in total. The first-order valence-electron chi connectivity index (χ1n) is 12.6. The molecule has 0 aliphatic carbocycles. The van der Waals surface area contributed by atoms with Crippen molar-refractivity contribution in [3.8, 4) is 11.5 Å². The van der Waals surface area contributed by atoms with Gasteiger partial charge in [-0.1, -0.05) is 23.7 Å². The van der Waals surface area contributed by atoms with E-state index >= 15 is 0 Å². The van der Waals surface area contributed by atoms with E-state index in [-0.39, 0.29) is 6.03 Å². The number of likely N-dealkylation sites (tertiary alicyclic amines) is 2. The van der Waals surface area contributed by atoms with Crippen LogP contribution < -0.4 is 15.5 Å². The monoisotopic (exact) mass is 531 g/mol. The molecule has 0 radical (unpaired) electrons. The van der Waals surface area contributed by atoms with Gasteiger partial charge in [0.25, 0.3) is 0 Å². The lowest BCUT2D eigenvalue weighted by Crippen LogP contribution is -2.60. The summed E-state index contributed by atoms with van der Waals surface area (Å²) in [6.07, 6.45) is 5.99. The number of benzene rings is 2. The second-order valence-electron chi connectivity index (χ2n) is 9.75. The third-order valence-corrected chi connectivity index (χ3v) is 7.18. The Morgan fingerprint density at radius 1 is 1.11 bits per heavy atom. The normalized spacial score (nSPS) is 16.7. The number of urea groups is 1. The third-order valence-electron chi connectivity index (χ3n) is 6.93. The first-order chi connectivity index (χ1) is 18.5. The lowest BCUT2D eigenvalue weighted by molar-refractivity contribution is -0.0435. The van der Waals surface area contributed by atoms with Gasteiger partial charge in [0, 0.05) is 44.0 Å². The van der Waals surface area contributed by atoms with Crippen LogP contribution in [0.4, 0.5) is 16.3 Å². The van der Waals surface area contributed by atoms with Gasteiger partial charge in [0.05, 0.1) is 18.1 Å². The Labute approximate surface area is 227 Å². The topological polar surface area (TPSA) is 106 Å². The zero-order chi connectivity index (χ0) is 26.4. The van der Waals surface area contributed by atoms with Crippen molar-refractivity contribution >= 4 is 41.6 Å². The molecule has 3 heterocycles. The minimum atomic E-state index is -0.0992. The number of carbonyl (C=O) groups is 1. The molecule has 5 rings (SSSR count). The van der Waals surface area contributed by atoms with Gasteiger partial charge in [-0.2, -0.15) is 5.10 Å². The molecule has 0 unspecified atom stereocenters. The van der Waals surface area contributed by atoms with Gasteiger partial charge in [-0.3, -0.25) is 10.3 Å². The molecule has 0 bridgehead atoms. The van der Waals surface area contributed by atoms with Crippen molar-refractivity contribution in [3.05, 3.63) is 77.4 Å². The van der Waals surface area contributed by atoms with Gasteiger partial charge in [0.2, 0.25) is 0 Å². The lowest BCUT2D eigenvalue weighted by Gasteiger charge is -2.54. The van der Waals surface area contributed by atoms with Gasteiger partial charge in [-0.25, -0.2) is 9.78 Å². The first kappa shape index (κ1) is 25.7. The maximum atomic E-state index is 12.8. The van der Waals surface area contributed by atoms with Crippen molar-refractivity contribution in [3.63, 3.8) is 0 Å². The smallest absolute Gasteiger partial charge is 0.321 e. The van der Waals surface area contributed by atoms with Crippen molar-refractivity contribution < 1.29 is 9.53 Å². The second-order valence-corrected chi connectivity index (χ2v) is 10.2. The Morgan fingerprint density at radius 2 is 1.89 bits per heavy atom. The van der Waals surface area contributed by atoms with Gasteiger partial charge in [0.1, 0.15) is 17.3 Å². The Morgan fingerprint density at radius 3 is 2.61 bits per heavy atom. The second kappa shape index (κ2) is 11.6. The summed E-state index contributed by atoms with van der Waals surface area (Å²) in [6.45, 7) is 4.46. The average molecular weight is 532 g/mol. The molecule has 1 spiro atoms. The highest BCUT2D eigenvalue weighted by atomic mass is 35.5. The highest BCUT2D eigenvalue weighted by molar-refractivity contribution is 6.30. The molecule has 196 valence electrons. The van der Waals surface area contributed by atoms with Crippen molar-refractivity contribution in [1.82, 2.24) is 14.8 Å². The summed E-state index contributed by atoms with van der Waals surface area (Å²) in [6, 6.07) is 19.0. The van der Waals surface area contributed by atoms with Crippen LogP contribution in [0.5, 0.6) is 11.5 Å². The van der Waals surface area contributed by atoms with E-state index in [1.54, 1.807) is 18.3 Å². The van der Waals surface area contributed by atoms with Gasteiger partial charge in [-0.05, 0) is 72.4 Å². The molecule has 0 atom stereocenters. The van der Waals surface area contributed by atoms with E-state index in [0.29, 0.717) is 21.9 Å². The molecule has 38 heavy (non-hydrogen) atoms. The number of piperidine rings is 1. The molecule has 10 heteroatoms. The van der Waals surface area contributed by atoms with E-state index in [4.69, 9.17) is 21.7 Å². The molecule has 3 aromatic rings. The standard InChI is InChI=1S/C28H30ClN7O2/c29-22-4-7-24(8-5-22)38-25-3-1-2-21(16-25)18-35-19-28(20-35)10-14-36(15-11-28)27(37)33-23-6-9-26(31-17-23)34-32-13-12-30/h1-9,12-13,16-17,30H,10-11,14-15,18-20H2,(H,31,34)(H,33,37)/b30-12?,32-13-. The van der Waals surface area contributed by atoms with Crippen LogP contribution in [0.1, 0.15) is 18.4 Å². The Balaban J connectivity index is 1.06. The van der Waals surface area contributed by atoms with Crippen LogP contribution in [0.2, 0.25) is 5.02 Å². The molecule has 2 aromatic carbocycles. The van der Waals surface area contributed by atoms with Crippen LogP contribution >= 0.6 is 11.6 Å². The number of amides is 2. The molecule has 2 aliphatic rings. The molecule has 2 amide bonds. The number of hydrogen-bond donors (Lipinski definition) is 3. The molecular weight excluding hydrogens is 502 g/mol. The fraction of sp³-hybridized carbons (Fsp3) is 0.286. The van der Waals surface area contributed by atoms with Gasteiger partial charge < -0.3 is 20.4 Å². The molecule has 3 N–H and O–H groups in total. The number of aromatic nitrogens is 1. The fourth-order valence-corrected chi connectivity index (χ4v) is 5.12. The fourth-order valence-electron chi connectivity index (χ4n) is 5.00. The molecule has 2 aliphatic heterocycles. The van der Waals surface area contributed by atoms with Crippen molar-refractivity contribution in [2.45, 2.75) is 19.4 Å². The number of anilines is 2. The van der Waals surface area contributed by atoms with E-state index in [1.165, 1.54) is 11.8 Å². The summed E-state index contributed by atoms with van der Waals surface area (Å²) in [7, 11) is 0. The Bertz CT molecular complexity index is 1280. The van der Waals surface area contributed by atoms with E-state index in [9.17, 15) is 4.79 Å². The van der Waals surface area contributed by atoms with E-state index in [1.807, 2.05) is 41.3 Å². The summed E-state index contributed by atoms with van der Waals surface area (Å²) in [5.41, 5.74) is 4.86. The van der Waals surface area contributed by atoms with Crippen LogP contribution in [0.3, 0.4) is 0 Å². The molecule has 2 fully saturated rings. The highest BCUT2D eigenvalue weighted by Crippen LogP contribution is 2.41. The summed E-state index contributed by atoms with van der Waals surface area (Å²) in [5, 5.41) is 14.3. The average Bonchev–Trinajstić information content (AvgIpc) is 2.91. The van der Waals surface area contributed by atoms with Crippen LogP contribution in [-0.4, -0.2) is 59.4 Å². The van der Waals surface area contributed by atoms with Crippen LogP contribution in [-0.2, 0) is 6.54 Å². The number of carbonyl (C=O) groups excluding carboxylic acids is 1. The van der Waals surface area contributed by atoms with Gasteiger partial charge in [-0.15, -0.1) is 0 Å². The quantitative estimate of drug-likeness (QED) is 0.255. The number of ether oxygens (including phenoxy) is 1. The maximum Gasteiger partial charge on any atom is 0.321 e. The van der Waals surface area contributed by atoms with Crippen LogP contribution in [0.15, 0.2) is 72.0 Å². The number of pyridine rings is 1. The minimum Gasteiger partial charge on any atom is -0.457 e. The molecular formula is C28H30ClN7O2. The largest absolute Gasteiger partial charge is 0.457 e. The van der Waals surface area contributed by atoms with Gasteiger partial charge in [0.15, 0.2) is 0 Å². The highest BCUT2D eigenvalue weighted by Gasteiger charge is 2.45. The predicted molar refractivity (Wildman–Crippen MR) is 151 cm³/mol. The number of halogens is 1. The van der Waals surface area contributed by atoms with Crippen LogP contribution in [0.25, 0.3) is 0 Å². The van der Waals surface area contributed by atoms with Gasteiger partial charge >= 0.3 is 6.03 Å². The zero-order valence-corrected chi connectivity index (χ0v) is 21.7. The van der Waals surface area contributed by atoms with Crippen molar-refractivity contribution in [2.24, 2.45) is 10.5 Å². The summed E-state index contributed by atoms with van der Waals surface area (Å²) < 4.78 is 5.98. The SMILES string of the molecule is N=C/C=N\Nc1ccc(NC(=O)N2CCC3(CC2)CN(Cc2cccc(Oc4ccc(Cl)cc4)c2)C3)cn1. The summed E-state index contributed by atoms with van der Waals surface area (Å²) >= 11 is 5.96. The number of nitrogens with zero attached hydrogens (tertiary/aromatic N) is 4. The van der Waals surface area contributed by atoms with E-state index in [0.717, 1.165) is 63.3 Å². The summed E-state index contributed by atoms with van der Waals surface area (Å²) in [4.78, 5) is 21.3. The zero-order valence-electron chi connectivity index (χ0n) is 20.9. The van der Waals surface area contributed by atoms with Crippen LogP contribution in [0, 0.1) is 10.8 Å². The first-order valence-corrected chi connectivity index (χ1v) is 12.9. The summed E-state index contributed by atoms with van der Waals surface area (Å²) in [5.74, 6) is 2.12. The van der Waals surface area contributed by atoms with Crippen molar-refractivity contribution in [1.29, 1.82) is 5.41 Å². The maximum absolute atomic E-state index is 12.8. The Kier molecular flexibility index (Phi) is 7.86. The molecule has 0 saturated carbocycles. The molecule has 2 saturated heterocycles. The Hall–Kier alpha value is -3.95. The van der Waals surface area contributed by atoms with E-state index < -0.39 is 0 Å². The minimum absolute atomic E-state index is 0.0992. The number of nitrogens with one attached hydrogen (secondary N) is 3. The molecule has 1 aromatic heterocycles. The van der Waals surface area contributed by atoms with Crippen molar-refractivity contribution in [2.75, 3.05) is 36.9 Å². The number of rotatable bonds is 8. The third kappa shape index (κ3) is 6.48. The van der Waals surface area contributed by atoms with E-state index in [2.05, 4.69) is 37.9 Å².